The van der Waals surface area contributed by atoms with Crippen molar-refractivity contribution in [2.24, 2.45) is 0 Å². The average molecular weight is 839 g/mol. The van der Waals surface area contributed by atoms with E-state index in [0.29, 0.717) is 49.3 Å². The zero-order chi connectivity index (χ0) is 40.7. The van der Waals surface area contributed by atoms with Crippen LogP contribution in [0.5, 0.6) is 0 Å². The SMILES string of the molecule is C=C(C)C(=O)NCCCN(Cc1c(Cl)cc(Cl)cc1B(O)O)Cc1c2ccccc2c(CN(CCC(=O)O)Cc2c(Cl)cc(Cl)cc2B(O)O)c2ccccc12. The molecule has 0 spiro atoms. The molecule has 292 valence electrons. The molecule has 0 saturated carbocycles. The lowest BCUT2D eigenvalue weighted by Crippen LogP contribution is -2.37. The molecular weight excluding hydrogens is 798 g/mol. The van der Waals surface area contributed by atoms with Gasteiger partial charge < -0.3 is 30.5 Å². The van der Waals surface area contributed by atoms with Gasteiger partial charge in [0.1, 0.15) is 0 Å². The fourth-order valence-corrected chi connectivity index (χ4v) is 8.06. The van der Waals surface area contributed by atoms with Crippen molar-refractivity contribution >= 4 is 105 Å². The summed E-state index contributed by atoms with van der Waals surface area (Å²) in [5, 5.41) is 58.3. The molecule has 0 heterocycles. The Morgan fingerprint density at radius 3 is 1.43 bits per heavy atom. The quantitative estimate of drug-likeness (QED) is 0.0290. The van der Waals surface area contributed by atoms with Crippen molar-refractivity contribution in [1.29, 1.82) is 0 Å². The van der Waals surface area contributed by atoms with E-state index >= 15 is 0 Å². The molecule has 5 rings (SSSR count). The second kappa shape index (κ2) is 19.7. The Morgan fingerprint density at radius 1 is 0.661 bits per heavy atom. The van der Waals surface area contributed by atoms with E-state index in [4.69, 9.17) is 46.4 Å². The normalized spacial score (nSPS) is 11.5. The molecule has 0 aliphatic carbocycles. The van der Waals surface area contributed by atoms with Gasteiger partial charge in [0.05, 0.1) is 6.42 Å². The van der Waals surface area contributed by atoms with Gasteiger partial charge in [-0.3, -0.25) is 19.4 Å². The number of hydrogen-bond donors (Lipinski definition) is 6. The van der Waals surface area contributed by atoms with Crippen molar-refractivity contribution in [1.82, 2.24) is 15.1 Å². The van der Waals surface area contributed by atoms with Gasteiger partial charge in [0.25, 0.3) is 0 Å². The van der Waals surface area contributed by atoms with Gasteiger partial charge in [0.2, 0.25) is 5.91 Å². The third-order valence-corrected chi connectivity index (χ3v) is 10.7. The minimum atomic E-state index is -1.85. The number of carbonyl (C=O) groups is 2. The van der Waals surface area contributed by atoms with Gasteiger partial charge in [-0.2, -0.15) is 0 Å². The van der Waals surface area contributed by atoms with E-state index in [9.17, 15) is 34.8 Å². The summed E-state index contributed by atoms with van der Waals surface area (Å²) in [6, 6.07) is 21.9. The van der Waals surface area contributed by atoms with Gasteiger partial charge in [-0.05, 0) is 92.3 Å². The first kappa shape index (κ1) is 43.5. The van der Waals surface area contributed by atoms with E-state index in [1.54, 1.807) is 13.0 Å². The van der Waals surface area contributed by atoms with Crippen LogP contribution >= 0.6 is 46.4 Å². The predicted octanol–water partition coefficient (Wildman–Crippen LogP) is 5.53. The molecule has 0 saturated heterocycles. The monoisotopic (exact) mass is 837 g/mol. The number of rotatable bonds is 18. The number of nitrogens with zero attached hydrogens (tertiary/aromatic N) is 2. The van der Waals surface area contributed by atoms with E-state index in [1.807, 2.05) is 53.4 Å². The maximum Gasteiger partial charge on any atom is 0.488 e. The highest BCUT2D eigenvalue weighted by Crippen LogP contribution is 2.36. The minimum absolute atomic E-state index is 0.108. The molecule has 0 bridgehead atoms. The molecule has 0 aromatic heterocycles. The van der Waals surface area contributed by atoms with Gasteiger partial charge in [0.15, 0.2) is 0 Å². The topological polar surface area (TPSA) is 154 Å². The first-order valence-corrected chi connectivity index (χ1v) is 19.3. The van der Waals surface area contributed by atoms with Crippen LogP contribution in [-0.4, -0.2) is 80.7 Å². The first-order valence-electron chi connectivity index (χ1n) is 17.8. The molecule has 0 aliphatic heterocycles. The molecule has 16 heteroatoms. The van der Waals surface area contributed by atoms with Crippen molar-refractivity contribution in [3.63, 3.8) is 0 Å². The largest absolute Gasteiger partial charge is 0.488 e. The summed E-state index contributed by atoms with van der Waals surface area (Å²) in [5.74, 6) is -1.23. The van der Waals surface area contributed by atoms with Crippen LogP contribution in [0.25, 0.3) is 21.5 Å². The molecule has 0 fully saturated rings. The van der Waals surface area contributed by atoms with Crippen LogP contribution in [-0.2, 0) is 35.8 Å². The Morgan fingerprint density at radius 2 is 1.05 bits per heavy atom. The molecule has 0 atom stereocenters. The number of carboxylic acids is 1. The fourth-order valence-electron chi connectivity index (χ4n) is 6.92. The van der Waals surface area contributed by atoms with E-state index < -0.39 is 20.2 Å². The van der Waals surface area contributed by atoms with Crippen LogP contribution in [0, 0.1) is 0 Å². The van der Waals surface area contributed by atoms with Crippen LogP contribution in [0.3, 0.4) is 0 Å². The van der Waals surface area contributed by atoms with Gasteiger partial charge in [-0.25, -0.2) is 0 Å². The Balaban J connectivity index is 1.60. The van der Waals surface area contributed by atoms with Gasteiger partial charge in [-0.1, -0.05) is 102 Å². The molecule has 5 aromatic rings. The second-order valence-corrected chi connectivity index (χ2v) is 15.3. The molecule has 0 radical (unpaired) electrons. The van der Waals surface area contributed by atoms with Crippen molar-refractivity contribution in [2.45, 2.75) is 45.9 Å². The van der Waals surface area contributed by atoms with Gasteiger partial charge in [0, 0.05) is 71.5 Å². The minimum Gasteiger partial charge on any atom is -0.481 e. The Labute approximate surface area is 346 Å². The summed E-state index contributed by atoms with van der Waals surface area (Å²) in [6.07, 6.45) is 0.390. The lowest BCUT2D eigenvalue weighted by atomic mass is 9.76. The maximum atomic E-state index is 12.2. The van der Waals surface area contributed by atoms with Crippen molar-refractivity contribution in [3.05, 3.63) is 127 Å². The number of fused-ring (bicyclic) bond motifs is 2. The molecular formula is C40H41B2Cl4N3O7. The first-order chi connectivity index (χ1) is 26.6. The number of halogens is 4. The summed E-state index contributed by atoms with van der Waals surface area (Å²) in [4.78, 5) is 28.1. The van der Waals surface area contributed by atoms with E-state index in [1.165, 1.54) is 18.2 Å². The maximum absolute atomic E-state index is 12.2. The third kappa shape index (κ3) is 10.8. The molecule has 0 unspecified atom stereocenters. The second-order valence-electron chi connectivity index (χ2n) is 13.7. The van der Waals surface area contributed by atoms with Crippen molar-refractivity contribution < 1.29 is 34.8 Å². The van der Waals surface area contributed by atoms with Crippen molar-refractivity contribution in [3.8, 4) is 0 Å². The molecule has 5 aromatic carbocycles. The summed E-state index contributed by atoms with van der Waals surface area (Å²) in [7, 11) is -3.67. The highest BCUT2D eigenvalue weighted by atomic mass is 35.5. The number of carbonyl (C=O) groups excluding carboxylic acids is 1. The van der Waals surface area contributed by atoms with E-state index in [2.05, 4.69) is 16.8 Å². The Kier molecular flexibility index (Phi) is 15.3. The summed E-state index contributed by atoms with van der Waals surface area (Å²) < 4.78 is 0. The number of amides is 1. The molecule has 10 nitrogen and oxygen atoms in total. The van der Waals surface area contributed by atoms with Crippen LogP contribution in [0.2, 0.25) is 20.1 Å². The fraction of sp³-hybridized carbons (Fsp3) is 0.250. The summed E-state index contributed by atoms with van der Waals surface area (Å²) >= 11 is 25.7. The summed E-state index contributed by atoms with van der Waals surface area (Å²) in [6.45, 7) is 7.38. The number of nitrogens with one attached hydrogen (secondary N) is 1. The molecule has 6 N–H and O–H groups in total. The zero-order valence-corrected chi connectivity index (χ0v) is 33.6. The highest BCUT2D eigenvalue weighted by molar-refractivity contribution is 6.60. The lowest BCUT2D eigenvalue weighted by Gasteiger charge is -2.28. The smallest absolute Gasteiger partial charge is 0.481 e. The van der Waals surface area contributed by atoms with Crippen LogP contribution < -0.4 is 16.2 Å². The van der Waals surface area contributed by atoms with E-state index in [-0.39, 0.29) is 63.0 Å². The highest BCUT2D eigenvalue weighted by Gasteiger charge is 2.25. The standard InChI is InChI=1S/C40H41B2Cl4N3O7/c1-24(2)40(52)47-13-7-14-48(22-33-35(41(53)54)16-25(43)18-37(33)45)20-31-27-8-3-5-10-29(27)32(30-11-6-4-9-28(30)31)21-49(15-12-39(50)51)23-34-36(42(55)56)17-26(44)19-38(34)46/h3-6,8-11,16-19,53-56H,1,7,12-15,20-23H2,2H3,(H,47,52)(H,50,51). The third-order valence-electron chi connectivity index (χ3n) is 9.59. The lowest BCUT2D eigenvalue weighted by molar-refractivity contribution is -0.137. The van der Waals surface area contributed by atoms with Crippen LogP contribution in [0.15, 0.2) is 84.9 Å². The van der Waals surface area contributed by atoms with Crippen LogP contribution in [0.1, 0.15) is 42.0 Å². The number of hydrogen-bond acceptors (Lipinski definition) is 8. The molecule has 1 amide bonds. The molecule has 0 aliphatic rings. The number of aliphatic carboxylic acids is 1. The Hall–Kier alpha value is -3.65. The average Bonchev–Trinajstić information content (AvgIpc) is 3.14. The number of benzene rings is 5. The van der Waals surface area contributed by atoms with E-state index in [0.717, 1.165) is 32.7 Å². The molecule has 56 heavy (non-hydrogen) atoms. The number of carboxylic acid groups (broad SMARTS) is 1. The van der Waals surface area contributed by atoms with Gasteiger partial charge >= 0.3 is 20.2 Å². The van der Waals surface area contributed by atoms with Gasteiger partial charge in [-0.15, -0.1) is 0 Å². The zero-order valence-electron chi connectivity index (χ0n) is 30.6. The Bertz CT molecular complexity index is 2200. The summed E-state index contributed by atoms with van der Waals surface area (Å²) in [5.41, 5.74) is 3.57. The predicted molar refractivity (Wildman–Crippen MR) is 227 cm³/mol. The van der Waals surface area contributed by atoms with Crippen LogP contribution in [0.4, 0.5) is 0 Å². The van der Waals surface area contributed by atoms with Crippen molar-refractivity contribution in [2.75, 3.05) is 19.6 Å².